The smallest absolute Gasteiger partial charge is 0.104 e. The van der Waals surface area contributed by atoms with E-state index in [9.17, 15) is 0 Å². The van der Waals surface area contributed by atoms with Gasteiger partial charge in [-0.1, -0.05) is 44.9 Å². The maximum Gasteiger partial charge on any atom is 0.104 e. The van der Waals surface area contributed by atoms with Crippen LogP contribution in [0.25, 0.3) is 0 Å². The monoisotopic (exact) mass is 206 g/mol. The molecule has 0 saturated carbocycles. The molecule has 0 spiro atoms. The Balaban J connectivity index is 3.70. The van der Waals surface area contributed by atoms with E-state index in [1.165, 1.54) is 25.7 Å². The summed E-state index contributed by atoms with van der Waals surface area (Å²) in [5, 5.41) is 12.1. The quantitative estimate of drug-likeness (QED) is 0.489. The third-order valence-corrected chi connectivity index (χ3v) is 2.61. The van der Waals surface area contributed by atoms with Crippen LogP contribution < -0.4 is 5.32 Å². The molecular formula is C13H22N2. The molecule has 2 heteroatoms. The summed E-state index contributed by atoms with van der Waals surface area (Å²) in [5.41, 5.74) is -0.446. The molecule has 0 rings (SSSR count). The van der Waals surface area contributed by atoms with Crippen molar-refractivity contribution in [3.63, 3.8) is 0 Å². The molecule has 0 radical (unpaired) electrons. The van der Waals surface area contributed by atoms with Gasteiger partial charge in [0, 0.05) is 0 Å². The molecule has 0 aliphatic rings. The van der Waals surface area contributed by atoms with E-state index in [2.05, 4.69) is 24.2 Å². The van der Waals surface area contributed by atoms with Crippen LogP contribution in [0.5, 0.6) is 0 Å². The lowest BCUT2D eigenvalue weighted by molar-refractivity contribution is 0.416. The molecule has 0 aliphatic carbocycles. The zero-order chi connectivity index (χ0) is 11.6. The predicted molar refractivity (Wildman–Crippen MR) is 64.2 cm³/mol. The minimum absolute atomic E-state index is 0.446. The topological polar surface area (TPSA) is 35.8 Å². The second kappa shape index (κ2) is 8.33. The standard InChI is InChI=1S/C13H22N2/c1-4-6-7-8-9-10-13(3,12-14)15-11-5-2/h2,15H,4,6-11H2,1,3H3. The first kappa shape index (κ1) is 14.0. The molecule has 15 heavy (non-hydrogen) atoms. The molecule has 0 aromatic rings. The highest BCUT2D eigenvalue weighted by molar-refractivity contribution is 5.05. The van der Waals surface area contributed by atoms with Crippen LogP contribution in [0, 0.1) is 23.7 Å². The minimum atomic E-state index is -0.446. The molecule has 0 aliphatic heterocycles. The molecule has 1 atom stereocenters. The van der Waals surface area contributed by atoms with Gasteiger partial charge in [-0.2, -0.15) is 5.26 Å². The lowest BCUT2D eigenvalue weighted by Crippen LogP contribution is -2.41. The van der Waals surface area contributed by atoms with Crippen LogP contribution >= 0.6 is 0 Å². The van der Waals surface area contributed by atoms with Crippen molar-refractivity contribution in [1.29, 1.82) is 5.26 Å². The van der Waals surface area contributed by atoms with Gasteiger partial charge in [0.15, 0.2) is 0 Å². The fraction of sp³-hybridized carbons (Fsp3) is 0.769. The Morgan fingerprint density at radius 1 is 1.27 bits per heavy atom. The van der Waals surface area contributed by atoms with Crippen molar-refractivity contribution in [2.45, 2.75) is 57.9 Å². The van der Waals surface area contributed by atoms with E-state index >= 15 is 0 Å². The van der Waals surface area contributed by atoms with Gasteiger partial charge in [0.05, 0.1) is 12.6 Å². The number of nitriles is 1. The Morgan fingerprint density at radius 3 is 2.47 bits per heavy atom. The molecular weight excluding hydrogens is 184 g/mol. The highest BCUT2D eigenvalue weighted by atomic mass is 14.9. The second-order valence-electron chi connectivity index (χ2n) is 4.17. The largest absolute Gasteiger partial charge is 0.289 e. The molecule has 0 fully saturated rings. The van der Waals surface area contributed by atoms with Crippen LogP contribution in [0.2, 0.25) is 0 Å². The lowest BCUT2D eigenvalue weighted by Gasteiger charge is -2.21. The maximum atomic E-state index is 9.03. The second-order valence-corrected chi connectivity index (χ2v) is 4.17. The van der Waals surface area contributed by atoms with Crippen molar-refractivity contribution in [3.05, 3.63) is 0 Å². The van der Waals surface area contributed by atoms with Crippen LogP contribution in [-0.2, 0) is 0 Å². The van der Waals surface area contributed by atoms with Crippen LogP contribution in [0.1, 0.15) is 52.4 Å². The Bertz CT molecular complexity index is 234. The number of hydrogen-bond acceptors (Lipinski definition) is 2. The Labute approximate surface area is 94.1 Å². The SMILES string of the molecule is C#CCNC(C)(C#N)CCCCCCC. The predicted octanol–water partition coefficient (Wildman–Crippen LogP) is 2.85. The molecule has 0 heterocycles. The first-order valence-electron chi connectivity index (χ1n) is 5.78. The maximum absolute atomic E-state index is 9.03. The first-order valence-corrected chi connectivity index (χ1v) is 5.78. The van der Waals surface area contributed by atoms with Crippen LogP contribution in [0.3, 0.4) is 0 Å². The average molecular weight is 206 g/mol. The molecule has 2 nitrogen and oxygen atoms in total. The van der Waals surface area contributed by atoms with Crippen molar-refractivity contribution in [3.8, 4) is 18.4 Å². The van der Waals surface area contributed by atoms with Gasteiger partial charge < -0.3 is 0 Å². The third-order valence-electron chi connectivity index (χ3n) is 2.61. The summed E-state index contributed by atoms with van der Waals surface area (Å²) < 4.78 is 0. The van der Waals surface area contributed by atoms with Crippen molar-refractivity contribution >= 4 is 0 Å². The Kier molecular flexibility index (Phi) is 7.78. The number of hydrogen-bond donors (Lipinski definition) is 1. The van der Waals surface area contributed by atoms with Gasteiger partial charge in [0.25, 0.3) is 0 Å². The fourth-order valence-corrected chi connectivity index (χ4v) is 1.51. The average Bonchev–Trinajstić information content (AvgIpc) is 2.26. The fourth-order valence-electron chi connectivity index (χ4n) is 1.51. The summed E-state index contributed by atoms with van der Waals surface area (Å²) >= 11 is 0. The molecule has 1 unspecified atom stereocenters. The normalized spacial score (nSPS) is 13.9. The van der Waals surface area contributed by atoms with E-state index < -0.39 is 5.54 Å². The van der Waals surface area contributed by atoms with E-state index in [4.69, 9.17) is 11.7 Å². The lowest BCUT2D eigenvalue weighted by atomic mass is 9.95. The van der Waals surface area contributed by atoms with Gasteiger partial charge in [-0.3, -0.25) is 5.32 Å². The van der Waals surface area contributed by atoms with Gasteiger partial charge in [-0.05, 0) is 13.3 Å². The number of nitrogens with zero attached hydrogens (tertiary/aromatic N) is 1. The summed E-state index contributed by atoms with van der Waals surface area (Å²) in [6, 6.07) is 2.30. The van der Waals surface area contributed by atoms with Crippen molar-refractivity contribution < 1.29 is 0 Å². The summed E-state index contributed by atoms with van der Waals surface area (Å²) in [5.74, 6) is 2.51. The molecule has 84 valence electrons. The van der Waals surface area contributed by atoms with Crippen LogP contribution in [0.15, 0.2) is 0 Å². The summed E-state index contributed by atoms with van der Waals surface area (Å²) in [6.45, 7) is 4.59. The molecule has 0 aromatic carbocycles. The third kappa shape index (κ3) is 7.00. The molecule has 0 aromatic heterocycles. The van der Waals surface area contributed by atoms with E-state index in [1.807, 2.05) is 6.92 Å². The van der Waals surface area contributed by atoms with Gasteiger partial charge in [-0.15, -0.1) is 6.42 Å². The van der Waals surface area contributed by atoms with Gasteiger partial charge in [0.1, 0.15) is 5.54 Å². The minimum Gasteiger partial charge on any atom is -0.289 e. The number of rotatable bonds is 8. The highest BCUT2D eigenvalue weighted by Crippen LogP contribution is 2.14. The van der Waals surface area contributed by atoms with Crippen molar-refractivity contribution in [2.24, 2.45) is 0 Å². The first-order chi connectivity index (χ1) is 7.18. The summed E-state index contributed by atoms with van der Waals surface area (Å²) in [6.07, 6.45) is 12.2. The number of terminal acetylenes is 1. The van der Waals surface area contributed by atoms with E-state index in [0.29, 0.717) is 6.54 Å². The van der Waals surface area contributed by atoms with Crippen LogP contribution in [0.4, 0.5) is 0 Å². The Hall–Kier alpha value is -0.990. The Morgan fingerprint density at radius 2 is 1.93 bits per heavy atom. The van der Waals surface area contributed by atoms with E-state index in [1.54, 1.807) is 0 Å². The molecule has 0 bridgehead atoms. The number of unbranched alkanes of at least 4 members (excludes halogenated alkanes) is 4. The van der Waals surface area contributed by atoms with Crippen molar-refractivity contribution in [1.82, 2.24) is 5.32 Å². The number of nitrogens with one attached hydrogen (secondary N) is 1. The highest BCUT2D eigenvalue weighted by Gasteiger charge is 2.21. The van der Waals surface area contributed by atoms with E-state index in [-0.39, 0.29) is 0 Å². The molecule has 0 amide bonds. The van der Waals surface area contributed by atoms with Crippen LogP contribution in [-0.4, -0.2) is 12.1 Å². The van der Waals surface area contributed by atoms with E-state index in [0.717, 1.165) is 12.8 Å². The summed E-state index contributed by atoms with van der Waals surface area (Å²) in [7, 11) is 0. The van der Waals surface area contributed by atoms with Gasteiger partial charge in [0.2, 0.25) is 0 Å². The van der Waals surface area contributed by atoms with Gasteiger partial charge in [-0.25, -0.2) is 0 Å². The van der Waals surface area contributed by atoms with Crippen molar-refractivity contribution in [2.75, 3.05) is 6.54 Å². The van der Waals surface area contributed by atoms with Gasteiger partial charge >= 0.3 is 0 Å². The summed E-state index contributed by atoms with van der Waals surface area (Å²) in [4.78, 5) is 0. The molecule has 1 N–H and O–H groups in total. The zero-order valence-corrected chi connectivity index (χ0v) is 9.97. The zero-order valence-electron chi connectivity index (χ0n) is 9.97. The molecule has 0 saturated heterocycles.